The summed E-state index contributed by atoms with van der Waals surface area (Å²) in [6.07, 6.45) is -0.672. The Morgan fingerprint density at radius 1 is 1.43 bits per heavy atom. The van der Waals surface area contributed by atoms with Gasteiger partial charge in [-0.1, -0.05) is 0 Å². The van der Waals surface area contributed by atoms with Crippen molar-refractivity contribution in [2.45, 2.75) is 12.1 Å². The molecule has 114 valence electrons. The minimum atomic E-state index is -0.869. The minimum Gasteiger partial charge on any atom is -0.497 e. The van der Waals surface area contributed by atoms with Crippen LogP contribution in [0.2, 0.25) is 0 Å². The zero-order valence-electron chi connectivity index (χ0n) is 11.8. The lowest BCUT2D eigenvalue weighted by Gasteiger charge is -2.25. The summed E-state index contributed by atoms with van der Waals surface area (Å²) in [7, 11) is 3.03. The Labute approximate surface area is 122 Å². The van der Waals surface area contributed by atoms with E-state index in [2.05, 4.69) is 0 Å². The van der Waals surface area contributed by atoms with Gasteiger partial charge < -0.3 is 24.2 Å². The summed E-state index contributed by atoms with van der Waals surface area (Å²) in [6, 6.07) is 5.68. The standard InChI is InChI=1S/C14H17NO6/c1-15(12-11(21-8-16)7-20-14(12)18)13(17)9-3-5-10(19-2)6-4-9/h3-6,11-12,16H,7-8H2,1-2H3/t11-,12?/m0/s1. The van der Waals surface area contributed by atoms with Crippen molar-refractivity contribution in [1.29, 1.82) is 0 Å². The van der Waals surface area contributed by atoms with E-state index < -0.39 is 24.9 Å². The summed E-state index contributed by atoms with van der Waals surface area (Å²) in [5, 5.41) is 8.82. The molecular formula is C14H17NO6. The number of ether oxygens (including phenoxy) is 3. The number of aliphatic hydroxyl groups excluding tert-OH is 1. The van der Waals surface area contributed by atoms with Crippen LogP contribution >= 0.6 is 0 Å². The third-order valence-corrected chi connectivity index (χ3v) is 3.35. The second-order valence-corrected chi connectivity index (χ2v) is 4.55. The molecule has 0 spiro atoms. The highest BCUT2D eigenvalue weighted by Crippen LogP contribution is 2.20. The van der Waals surface area contributed by atoms with E-state index in [0.717, 1.165) is 0 Å². The number of benzene rings is 1. The zero-order chi connectivity index (χ0) is 15.4. The first-order valence-corrected chi connectivity index (χ1v) is 6.38. The highest BCUT2D eigenvalue weighted by Gasteiger charge is 2.42. The van der Waals surface area contributed by atoms with Crippen LogP contribution in [0.5, 0.6) is 5.75 Å². The van der Waals surface area contributed by atoms with Gasteiger partial charge in [-0.05, 0) is 24.3 Å². The number of carbonyl (C=O) groups excluding carboxylic acids is 2. The second kappa shape index (κ2) is 6.55. The summed E-state index contributed by atoms with van der Waals surface area (Å²) in [4.78, 5) is 25.4. The molecule has 0 aliphatic carbocycles. The molecule has 2 atom stereocenters. The van der Waals surface area contributed by atoms with Crippen molar-refractivity contribution in [3.05, 3.63) is 29.8 Å². The molecule has 21 heavy (non-hydrogen) atoms. The molecule has 1 unspecified atom stereocenters. The maximum atomic E-state index is 12.4. The molecule has 1 aromatic rings. The minimum absolute atomic E-state index is 0.0181. The van der Waals surface area contributed by atoms with E-state index in [0.29, 0.717) is 11.3 Å². The van der Waals surface area contributed by atoms with Gasteiger partial charge in [0.1, 0.15) is 25.3 Å². The van der Waals surface area contributed by atoms with E-state index in [9.17, 15) is 9.59 Å². The lowest BCUT2D eigenvalue weighted by Crippen LogP contribution is -2.47. The van der Waals surface area contributed by atoms with E-state index >= 15 is 0 Å². The van der Waals surface area contributed by atoms with Crippen molar-refractivity contribution < 1.29 is 28.9 Å². The SMILES string of the molecule is COc1ccc(C(=O)N(C)C2C(=O)OC[C@@H]2OCO)cc1. The van der Waals surface area contributed by atoms with Gasteiger partial charge in [-0.15, -0.1) is 0 Å². The highest BCUT2D eigenvalue weighted by atomic mass is 16.6. The number of likely N-dealkylation sites (N-methyl/N-ethyl adjacent to an activating group) is 1. The van der Waals surface area contributed by atoms with Crippen molar-refractivity contribution >= 4 is 11.9 Å². The number of cyclic esters (lactones) is 1. The van der Waals surface area contributed by atoms with Crippen molar-refractivity contribution in [2.24, 2.45) is 0 Å². The van der Waals surface area contributed by atoms with Crippen molar-refractivity contribution in [1.82, 2.24) is 4.90 Å². The number of methoxy groups -OCH3 is 1. The third-order valence-electron chi connectivity index (χ3n) is 3.35. The summed E-state index contributed by atoms with van der Waals surface area (Å²) in [5.74, 6) is -0.248. The van der Waals surface area contributed by atoms with Crippen LogP contribution in [0.25, 0.3) is 0 Å². The molecule has 0 saturated carbocycles. The van der Waals surface area contributed by atoms with Gasteiger partial charge in [0.25, 0.3) is 5.91 Å². The Morgan fingerprint density at radius 3 is 2.67 bits per heavy atom. The Kier molecular flexibility index (Phi) is 4.77. The zero-order valence-corrected chi connectivity index (χ0v) is 11.8. The van der Waals surface area contributed by atoms with Crippen molar-refractivity contribution in [2.75, 3.05) is 27.6 Å². The monoisotopic (exact) mass is 295 g/mol. The lowest BCUT2D eigenvalue weighted by molar-refractivity contribution is -0.141. The van der Waals surface area contributed by atoms with Crippen LogP contribution in [0.15, 0.2) is 24.3 Å². The predicted octanol–water partition coefficient (Wildman–Crippen LogP) is 0.0276. The number of hydrogen-bond acceptors (Lipinski definition) is 6. The van der Waals surface area contributed by atoms with Gasteiger partial charge in [-0.25, -0.2) is 4.79 Å². The number of carbonyl (C=O) groups is 2. The van der Waals surface area contributed by atoms with Crippen LogP contribution in [0.4, 0.5) is 0 Å². The molecule has 7 heteroatoms. The van der Waals surface area contributed by atoms with E-state index in [1.165, 1.54) is 19.1 Å². The Bertz CT molecular complexity index is 515. The molecule has 0 aromatic heterocycles. The molecule has 0 bridgehead atoms. The summed E-state index contributed by atoms with van der Waals surface area (Å²) in [5.41, 5.74) is 0.417. The quantitative estimate of drug-likeness (QED) is 0.609. The molecule has 1 aliphatic rings. The molecule has 1 heterocycles. The normalized spacial score (nSPS) is 21.0. The van der Waals surface area contributed by atoms with Gasteiger partial charge >= 0.3 is 5.97 Å². The van der Waals surface area contributed by atoms with Gasteiger partial charge in [-0.2, -0.15) is 0 Å². The number of esters is 1. The first-order chi connectivity index (χ1) is 10.1. The molecule has 1 saturated heterocycles. The van der Waals surface area contributed by atoms with Gasteiger partial charge in [0, 0.05) is 12.6 Å². The first kappa shape index (κ1) is 15.3. The molecule has 7 nitrogen and oxygen atoms in total. The summed E-state index contributed by atoms with van der Waals surface area (Å²) >= 11 is 0. The Hall–Kier alpha value is -2.12. The fraction of sp³-hybridized carbons (Fsp3) is 0.429. The van der Waals surface area contributed by atoms with Crippen LogP contribution in [0, 0.1) is 0 Å². The van der Waals surface area contributed by atoms with Crippen LogP contribution in [0.1, 0.15) is 10.4 Å². The smallest absolute Gasteiger partial charge is 0.331 e. The summed E-state index contributed by atoms with van der Waals surface area (Å²) < 4.78 is 14.9. The largest absolute Gasteiger partial charge is 0.497 e. The average molecular weight is 295 g/mol. The number of hydrogen-bond donors (Lipinski definition) is 1. The van der Waals surface area contributed by atoms with Crippen LogP contribution in [0.3, 0.4) is 0 Å². The number of aliphatic hydroxyl groups is 1. The van der Waals surface area contributed by atoms with E-state index in [1.807, 2.05) is 0 Å². The first-order valence-electron chi connectivity index (χ1n) is 6.38. The number of nitrogens with zero attached hydrogens (tertiary/aromatic N) is 1. The van der Waals surface area contributed by atoms with Crippen LogP contribution in [-0.4, -0.2) is 61.6 Å². The van der Waals surface area contributed by atoms with Crippen molar-refractivity contribution in [3.8, 4) is 5.75 Å². The molecule has 1 fully saturated rings. The lowest BCUT2D eigenvalue weighted by atomic mass is 10.1. The van der Waals surface area contributed by atoms with Gasteiger partial charge in [0.15, 0.2) is 6.04 Å². The maximum absolute atomic E-state index is 12.4. The van der Waals surface area contributed by atoms with Gasteiger partial charge in [0.2, 0.25) is 0 Å². The Balaban J connectivity index is 2.15. The third kappa shape index (κ3) is 3.14. The molecule has 1 aliphatic heterocycles. The molecule has 0 radical (unpaired) electrons. The van der Waals surface area contributed by atoms with Crippen molar-refractivity contribution in [3.63, 3.8) is 0 Å². The molecule has 2 rings (SSSR count). The van der Waals surface area contributed by atoms with E-state index in [4.69, 9.17) is 19.3 Å². The molecular weight excluding hydrogens is 278 g/mol. The van der Waals surface area contributed by atoms with Gasteiger partial charge in [-0.3, -0.25) is 4.79 Å². The molecule has 1 aromatic carbocycles. The second-order valence-electron chi connectivity index (χ2n) is 4.55. The van der Waals surface area contributed by atoms with E-state index in [1.54, 1.807) is 24.3 Å². The van der Waals surface area contributed by atoms with Gasteiger partial charge in [0.05, 0.1) is 7.11 Å². The number of amides is 1. The summed E-state index contributed by atoms with van der Waals surface area (Å²) in [6.45, 7) is -0.521. The Morgan fingerprint density at radius 2 is 2.10 bits per heavy atom. The molecule has 1 N–H and O–H groups in total. The van der Waals surface area contributed by atoms with E-state index in [-0.39, 0.29) is 12.5 Å². The highest BCUT2D eigenvalue weighted by molar-refractivity contribution is 5.97. The maximum Gasteiger partial charge on any atom is 0.331 e. The molecule has 1 amide bonds. The fourth-order valence-corrected chi connectivity index (χ4v) is 2.20. The number of rotatable bonds is 5. The van der Waals surface area contributed by atoms with Crippen LogP contribution in [-0.2, 0) is 14.3 Å². The fourth-order valence-electron chi connectivity index (χ4n) is 2.20. The predicted molar refractivity (Wildman–Crippen MR) is 71.8 cm³/mol. The van der Waals surface area contributed by atoms with Crippen LogP contribution < -0.4 is 4.74 Å². The average Bonchev–Trinajstić information content (AvgIpc) is 2.87. The topological polar surface area (TPSA) is 85.3 Å².